The first-order chi connectivity index (χ1) is 5.74. The summed E-state index contributed by atoms with van der Waals surface area (Å²) >= 11 is 0. The van der Waals surface area contributed by atoms with Gasteiger partial charge in [0.1, 0.15) is 5.69 Å². The van der Waals surface area contributed by atoms with Gasteiger partial charge in [-0.25, -0.2) is 9.89 Å². The van der Waals surface area contributed by atoms with Crippen molar-refractivity contribution in [1.29, 1.82) is 0 Å². The zero-order valence-corrected chi connectivity index (χ0v) is 6.79. The van der Waals surface area contributed by atoms with Crippen molar-refractivity contribution in [2.75, 3.05) is 18.4 Å². The van der Waals surface area contributed by atoms with E-state index in [0.29, 0.717) is 24.6 Å². The number of nitrogens with two attached hydrogens (primary N) is 1. The molecule has 0 aliphatic rings. The van der Waals surface area contributed by atoms with Crippen LogP contribution in [0.3, 0.4) is 0 Å². The smallest absolute Gasteiger partial charge is 0.363 e. The summed E-state index contributed by atoms with van der Waals surface area (Å²) in [5.74, 6) is 0.490. The zero-order valence-electron chi connectivity index (χ0n) is 6.79. The van der Waals surface area contributed by atoms with Crippen molar-refractivity contribution in [2.45, 2.75) is 6.92 Å². The summed E-state index contributed by atoms with van der Waals surface area (Å²) in [6, 6.07) is 0. The number of aromatic nitrogens is 3. The van der Waals surface area contributed by atoms with E-state index in [1.165, 1.54) is 0 Å². The Balaban J connectivity index is 2.82. The number of anilines is 1. The standard InChI is InChI=1S/C6H11N5O/c1-4-5(8-3-2-7)9-6(12)11-10-4/h2-3,7H2,1H3,(H2,8,9,11,12). The van der Waals surface area contributed by atoms with Gasteiger partial charge < -0.3 is 11.1 Å². The van der Waals surface area contributed by atoms with Crippen LogP contribution < -0.4 is 16.7 Å². The molecule has 0 fully saturated rings. The van der Waals surface area contributed by atoms with Crippen molar-refractivity contribution in [2.24, 2.45) is 5.73 Å². The maximum atomic E-state index is 10.7. The fourth-order valence-corrected chi connectivity index (χ4v) is 0.750. The second-order valence-electron chi connectivity index (χ2n) is 2.29. The third-order valence-corrected chi connectivity index (χ3v) is 1.31. The second kappa shape index (κ2) is 3.82. The number of aromatic amines is 1. The van der Waals surface area contributed by atoms with Gasteiger partial charge in [0.25, 0.3) is 0 Å². The molecule has 0 radical (unpaired) electrons. The van der Waals surface area contributed by atoms with Crippen LogP contribution in [-0.4, -0.2) is 28.3 Å². The third-order valence-electron chi connectivity index (χ3n) is 1.31. The molecule has 1 rings (SSSR count). The minimum atomic E-state index is -0.458. The first-order valence-corrected chi connectivity index (χ1v) is 3.61. The van der Waals surface area contributed by atoms with E-state index in [2.05, 4.69) is 20.5 Å². The average molecular weight is 169 g/mol. The number of H-pyrrole nitrogens is 1. The highest BCUT2D eigenvalue weighted by Crippen LogP contribution is 2.01. The number of nitrogens with zero attached hydrogens (tertiary/aromatic N) is 2. The molecule has 12 heavy (non-hydrogen) atoms. The van der Waals surface area contributed by atoms with Crippen LogP contribution in [0, 0.1) is 6.92 Å². The van der Waals surface area contributed by atoms with Crippen molar-refractivity contribution in [3.8, 4) is 0 Å². The van der Waals surface area contributed by atoms with Crippen LogP contribution in [0.4, 0.5) is 5.82 Å². The van der Waals surface area contributed by atoms with Crippen LogP contribution in [0.25, 0.3) is 0 Å². The number of hydrogen-bond acceptors (Lipinski definition) is 5. The van der Waals surface area contributed by atoms with Gasteiger partial charge in [-0.1, -0.05) is 0 Å². The molecule has 6 nitrogen and oxygen atoms in total. The summed E-state index contributed by atoms with van der Waals surface area (Å²) in [6.45, 7) is 2.83. The zero-order chi connectivity index (χ0) is 8.97. The molecule has 0 aliphatic carbocycles. The molecule has 0 spiro atoms. The van der Waals surface area contributed by atoms with Gasteiger partial charge in [-0.2, -0.15) is 10.1 Å². The lowest BCUT2D eigenvalue weighted by Gasteiger charge is -2.03. The maximum Gasteiger partial charge on any atom is 0.363 e. The minimum Gasteiger partial charge on any atom is -0.367 e. The van der Waals surface area contributed by atoms with E-state index in [1.54, 1.807) is 6.92 Å². The summed E-state index contributed by atoms with van der Waals surface area (Å²) in [6.07, 6.45) is 0. The number of hydrogen-bond donors (Lipinski definition) is 3. The highest BCUT2D eigenvalue weighted by molar-refractivity contribution is 5.37. The van der Waals surface area contributed by atoms with Crippen LogP contribution in [0.2, 0.25) is 0 Å². The summed E-state index contributed by atoms with van der Waals surface area (Å²) in [4.78, 5) is 14.4. The molecule has 1 heterocycles. The van der Waals surface area contributed by atoms with Gasteiger partial charge in [0, 0.05) is 13.1 Å². The molecule has 66 valence electrons. The van der Waals surface area contributed by atoms with Crippen LogP contribution in [0.5, 0.6) is 0 Å². The van der Waals surface area contributed by atoms with Crippen molar-refractivity contribution in [3.63, 3.8) is 0 Å². The predicted molar refractivity (Wildman–Crippen MR) is 44.9 cm³/mol. The van der Waals surface area contributed by atoms with Gasteiger partial charge in [-0.05, 0) is 6.92 Å². The van der Waals surface area contributed by atoms with Gasteiger partial charge in [-0.15, -0.1) is 0 Å². The van der Waals surface area contributed by atoms with Crippen LogP contribution in [-0.2, 0) is 0 Å². The molecule has 0 amide bonds. The largest absolute Gasteiger partial charge is 0.367 e. The van der Waals surface area contributed by atoms with E-state index >= 15 is 0 Å². The van der Waals surface area contributed by atoms with Crippen molar-refractivity contribution in [1.82, 2.24) is 15.2 Å². The quantitative estimate of drug-likeness (QED) is 0.530. The fraction of sp³-hybridized carbons (Fsp3) is 0.500. The molecule has 0 saturated carbocycles. The summed E-state index contributed by atoms with van der Waals surface area (Å²) < 4.78 is 0. The topological polar surface area (TPSA) is 96.7 Å². The molecule has 1 aromatic heterocycles. The molecule has 4 N–H and O–H groups in total. The Morgan fingerprint density at radius 1 is 1.67 bits per heavy atom. The highest BCUT2D eigenvalue weighted by atomic mass is 16.1. The molecule has 0 aromatic carbocycles. The molecular weight excluding hydrogens is 158 g/mol. The van der Waals surface area contributed by atoms with E-state index in [0.717, 1.165) is 0 Å². The third kappa shape index (κ3) is 2.03. The number of rotatable bonds is 3. The Hall–Kier alpha value is -1.43. The molecule has 0 unspecified atom stereocenters. The van der Waals surface area contributed by atoms with Gasteiger partial charge in [0.05, 0.1) is 0 Å². The lowest BCUT2D eigenvalue weighted by atomic mass is 10.4. The Morgan fingerprint density at radius 2 is 2.42 bits per heavy atom. The lowest BCUT2D eigenvalue weighted by Crippen LogP contribution is -2.20. The average Bonchev–Trinajstić information content (AvgIpc) is 2.07. The molecular formula is C6H11N5O. The van der Waals surface area contributed by atoms with Gasteiger partial charge in [0.15, 0.2) is 5.82 Å². The normalized spacial score (nSPS) is 9.83. The number of nitrogens with one attached hydrogen (secondary N) is 2. The summed E-state index contributed by atoms with van der Waals surface area (Å²) in [5, 5.41) is 8.84. The summed E-state index contributed by atoms with van der Waals surface area (Å²) in [5.41, 5.74) is 5.47. The first kappa shape index (κ1) is 8.66. The molecule has 0 saturated heterocycles. The van der Waals surface area contributed by atoms with E-state index in [9.17, 15) is 4.79 Å². The van der Waals surface area contributed by atoms with Crippen LogP contribution in [0.15, 0.2) is 4.79 Å². The Morgan fingerprint density at radius 3 is 3.08 bits per heavy atom. The first-order valence-electron chi connectivity index (χ1n) is 3.61. The van der Waals surface area contributed by atoms with E-state index in [-0.39, 0.29) is 0 Å². The molecule has 1 aromatic rings. The van der Waals surface area contributed by atoms with Crippen molar-refractivity contribution < 1.29 is 0 Å². The molecule has 0 bridgehead atoms. The number of aryl methyl sites for hydroxylation is 1. The van der Waals surface area contributed by atoms with E-state index < -0.39 is 5.69 Å². The Bertz CT molecular complexity index is 307. The predicted octanol–water partition coefficient (Wildman–Crippen LogP) is -1.16. The Labute approximate surface area is 69.2 Å². The fourth-order valence-electron chi connectivity index (χ4n) is 0.750. The maximum absolute atomic E-state index is 10.7. The minimum absolute atomic E-state index is 0.458. The second-order valence-corrected chi connectivity index (χ2v) is 2.29. The molecule has 0 aliphatic heterocycles. The molecule has 6 heteroatoms. The van der Waals surface area contributed by atoms with Gasteiger partial charge in [0.2, 0.25) is 0 Å². The SMILES string of the molecule is Cc1n[nH]c(=O)nc1NCCN. The monoisotopic (exact) mass is 169 g/mol. The van der Waals surface area contributed by atoms with Crippen LogP contribution in [0.1, 0.15) is 5.69 Å². The summed E-state index contributed by atoms with van der Waals surface area (Å²) in [7, 11) is 0. The van der Waals surface area contributed by atoms with Crippen molar-refractivity contribution >= 4 is 5.82 Å². The molecule has 0 atom stereocenters. The lowest BCUT2D eigenvalue weighted by molar-refractivity contribution is 0.871. The Kier molecular flexibility index (Phi) is 2.76. The highest BCUT2D eigenvalue weighted by Gasteiger charge is 1.99. The van der Waals surface area contributed by atoms with Crippen molar-refractivity contribution in [3.05, 3.63) is 16.2 Å². The van der Waals surface area contributed by atoms with Crippen LogP contribution >= 0.6 is 0 Å². The van der Waals surface area contributed by atoms with E-state index in [1.807, 2.05) is 0 Å². The van der Waals surface area contributed by atoms with Gasteiger partial charge >= 0.3 is 5.69 Å². The van der Waals surface area contributed by atoms with E-state index in [4.69, 9.17) is 5.73 Å². The van der Waals surface area contributed by atoms with Gasteiger partial charge in [-0.3, -0.25) is 0 Å².